The first kappa shape index (κ1) is 18.2. The van der Waals surface area contributed by atoms with E-state index in [9.17, 15) is 4.79 Å². The third kappa shape index (κ3) is 2.31. The SMILES string of the molecule is CCCCN1C(=O)[C@@]2(Nc3ccccc3-c3nc4ccccc4n32)c2cc(C)ccc21. The molecule has 3 aromatic carbocycles. The van der Waals surface area contributed by atoms with Gasteiger partial charge in [-0.2, -0.15) is 0 Å². The molecule has 154 valence electrons. The predicted octanol–water partition coefficient (Wildman–Crippen LogP) is 5.29. The number of unbranched alkanes of at least 4 members (excludes halogenated alkanes) is 1. The Bertz CT molecular complexity index is 1350. The number of aromatic nitrogens is 2. The zero-order valence-electron chi connectivity index (χ0n) is 17.7. The molecule has 0 unspecified atom stereocenters. The molecule has 5 nitrogen and oxygen atoms in total. The summed E-state index contributed by atoms with van der Waals surface area (Å²) in [6.45, 7) is 4.94. The van der Waals surface area contributed by atoms with Gasteiger partial charge in [0.15, 0.2) is 0 Å². The second kappa shape index (κ2) is 6.45. The van der Waals surface area contributed by atoms with Crippen molar-refractivity contribution < 1.29 is 4.79 Å². The van der Waals surface area contributed by atoms with Crippen LogP contribution in [-0.2, 0) is 10.5 Å². The minimum Gasteiger partial charge on any atom is -0.350 e. The average Bonchev–Trinajstić information content (AvgIpc) is 3.28. The van der Waals surface area contributed by atoms with Gasteiger partial charge in [0.2, 0.25) is 5.66 Å². The Balaban J connectivity index is 1.72. The number of nitrogens with zero attached hydrogens (tertiary/aromatic N) is 3. The van der Waals surface area contributed by atoms with E-state index in [0.29, 0.717) is 6.54 Å². The minimum atomic E-state index is -1.05. The molecule has 2 aliphatic heterocycles. The van der Waals surface area contributed by atoms with E-state index in [1.165, 1.54) is 0 Å². The summed E-state index contributed by atoms with van der Waals surface area (Å²) in [5.41, 5.74) is 5.86. The maximum Gasteiger partial charge on any atom is 0.279 e. The van der Waals surface area contributed by atoms with Gasteiger partial charge in [-0.25, -0.2) is 4.98 Å². The smallest absolute Gasteiger partial charge is 0.279 e. The van der Waals surface area contributed by atoms with E-state index in [-0.39, 0.29) is 5.91 Å². The van der Waals surface area contributed by atoms with Crippen molar-refractivity contribution in [3.8, 4) is 11.4 Å². The zero-order chi connectivity index (χ0) is 21.2. The van der Waals surface area contributed by atoms with Crippen LogP contribution in [0.4, 0.5) is 11.4 Å². The molecule has 0 radical (unpaired) electrons. The molecular weight excluding hydrogens is 384 g/mol. The molecule has 0 saturated heterocycles. The van der Waals surface area contributed by atoms with Crippen LogP contribution in [0.1, 0.15) is 30.9 Å². The fourth-order valence-electron chi connectivity index (χ4n) is 5.05. The van der Waals surface area contributed by atoms with Crippen molar-refractivity contribution in [3.63, 3.8) is 0 Å². The number of benzene rings is 3. The van der Waals surface area contributed by atoms with Gasteiger partial charge in [0.05, 0.1) is 16.7 Å². The summed E-state index contributed by atoms with van der Waals surface area (Å²) in [4.78, 5) is 21.2. The van der Waals surface area contributed by atoms with Crippen LogP contribution in [0, 0.1) is 6.92 Å². The quantitative estimate of drug-likeness (QED) is 0.501. The fraction of sp³-hybridized carbons (Fsp3) is 0.231. The number of anilines is 2. The van der Waals surface area contributed by atoms with Crippen LogP contribution in [0.25, 0.3) is 22.4 Å². The molecular formula is C26H24N4O. The molecule has 1 amide bonds. The van der Waals surface area contributed by atoms with Gasteiger partial charge in [0.1, 0.15) is 5.82 Å². The van der Waals surface area contributed by atoms with Gasteiger partial charge >= 0.3 is 0 Å². The summed E-state index contributed by atoms with van der Waals surface area (Å²) < 4.78 is 2.12. The Morgan fingerprint density at radius 1 is 1.03 bits per heavy atom. The number of fused-ring (bicyclic) bond motifs is 8. The minimum absolute atomic E-state index is 0.0560. The number of amides is 1. The number of hydrogen-bond acceptors (Lipinski definition) is 3. The Hall–Kier alpha value is -3.60. The lowest BCUT2D eigenvalue weighted by atomic mass is 9.94. The van der Waals surface area contributed by atoms with Crippen LogP contribution in [0.15, 0.2) is 66.7 Å². The molecule has 0 bridgehead atoms. The number of aryl methyl sites for hydroxylation is 1. The van der Waals surface area contributed by atoms with E-state index >= 15 is 0 Å². The average molecular weight is 409 g/mol. The largest absolute Gasteiger partial charge is 0.350 e. The highest BCUT2D eigenvalue weighted by Gasteiger charge is 2.56. The second-order valence-electron chi connectivity index (χ2n) is 8.47. The first-order valence-corrected chi connectivity index (χ1v) is 10.9. The van der Waals surface area contributed by atoms with E-state index < -0.39 is 5.66 Å². The predicted molar refractivity (Wildman–Crippen MR) is 124 cm³/mol. The van der Waals surface area contributed by atoms with E-state index in [0.717, 1.165) is 57.8 Å². The Morgan fingerprint density at radius 3 is 2.71 bits per heavy atom. The van der Waals surface area contributed by atoms with Crippen LogP contribution >= 0.6 is 0 Å². The maximum absolute atomic E-state index is 14.3. The third-order valence-electron chi connectivity index (χ3n) is 6.50. The monoisotopic (exact) mass is 408 g/mol. The number of nitrogens with one attached hydrogen (secondary N) is 1. The van der Waals surface area contributed by atoms with Crippen molar-refractivity contribution in [2.75, 3.05) is 16.8 Å². The summed E-state index contributed by atoms with van der Waals surface area (Å²) >= 11 is 0. The highest BCUT2D eigenvalue weighted by atomic mass is 16.2. The number of imidazole rings is 1. The molecule has 31 heavy (non-hydrogen) atoms. The molecule has 1 aromatic heterocycles. The van der Waals surface area contributed by atoms with Gasteiger partial charge in [-0.1, -0.05) is 49.2 Å². The molecule has 6 rings (SSSR count). The van der Waals surface area contributed by atoms with Crippen molar-refractivity contribution in [1.82, 2.24) is 9.55 Å². The van der Waals surface area contributed by atoms with Crippen LogP contribution in [0.5, 0.6) is 0 Å². The van der Waals surface area contributed by atoms with Crippen LogP contribution < -0.4 is 10.2 Å². The Morgan fingerprint density at radius 2 is 1.84 bits per heavy atom. The maximum atomic E-state index is 14.3. The third-order valence-corrected chi connectivity index (χ3v) is 6.50. The molecule has 2 aliphatic rings. The molecule has 0 saturated carbocycles. The van der Waals surface area contributed by atoms with E-state index in [2.05, 4.69) is 54.1 Å². The summed E-state index contributed by atoms with van der Waals surface area (Å²) in [6.07, 6.45) is 2.00. The van der Waals surface area contributed by atoms with Gasteiger partial charge < -0.3 is 10.2 Å². The first-order valence-electron chi connectivity index (χ1n) is 10.9. The van der Waals surface area contributed by atoms with Crippen molar-refractivity contribution in [1.29, 1.82) is 0 Å². The lowest BCUT2D eigenvalue weighted by molar-refractivity contribution is -0.123. The molecule has 0 aliphatic carbocycles. The molecule has 1 N–H and O–H groups in total. The molecule has 5 heteroatoms. The normalized spacial score (nSPS) is 18.8. The summed E-state index contributed by atoms with van der Waals surface area (Å²) in [5, 5.41) is 3.68. The van der Waals surface area contributed by atoms with E-state index in [1.807, 2.05) is 41.3 Å². The number of carbonyl (C=O) groups is 1. The van der Waals surface area contributed by atoms with Crippen molar-refractivity contribution in [2.45, 2.75) is 32.4 Å². The zero-order valence-corrected chi connectivity index (χ0v) is 17.7. The van der Waals surface area contributed by atoms with Gasteiger partial charge in [-0.3, -0.25) is 9.36 Å². The second-order valence-corrected chi connectivity index (χ2v) is 8.47. The highest BCUT2D eigenvalue weighted by Crippen LogP contribution is 2.50. The van der Waals surface area contributed by atoms with Gasteiger partial charge in [0, 0.05) is 23.4 Å². The molecule has 4 aromatic rings. The molecule has 1 atom stereocenters. The number of carbonyl (C=O) groups excluding carboxylic acids is 1. The summed E-state index contributed by atoms with van der Waals surface area (Å²) in [5.74, 6) is 0.883. The summed E-state index contributed by atoms with van der Waals surface area (Å²) in [7, 11) is 0. The van der Waals surface area contributed by atoms with Crippen molar-refractivity contribution in [2.24, 2.45) is 0 Å². The van der Waals surface area contributed by atoms with Gasteiger partial charge in [-0.05, 0) is 49.7 Å². The number of hydrogen-bond donors (Lipinski definition) is 1. The van der Waals surface area contributed by atoms with Gasteiger partial charge in [0.25, 0.3) is 5.91 Å². The molecule has 0 fully saturated rings. The lowest BCUT2D eigenvalue weighted by Crippen LogP contribution is -2.53. The van der Waals surface area contributed by atoms with E-state index in [1.54, 1.807) is 0 Å². The highest BCUT2D eigenvalue weighted by molar-refractivity contribution is 6.12. The molecule has 3 heterocycles. The van der Waals surface area contributed by atoms with Crippen molar-refractivity contribution >= 4 is 28.3 Å². The van der Waals surface area contributed by atoms with Crippen LogP contribution in [0.2, 0.25) is 0 Å². The molecule has 1 spiro atoms. The summed E-state index contributed by atoms with van der Waals surface area (Å²) in [6, 6.07) is 22.5. The topological polar surface area (TPSA) is 50.2 Å². The van der Waals surface area contributed by atoms with Crippen molar-refractivity contribution in [3.05, 3.63) is 77.9 Å². The van der Waals surface area contributed by atoms with Gasteiger partial charge in [-0.15, -0.1) is 0 Å². The fourth-order valence-corrected chi connectivity index (χ4v) is 5.05. The standard InChI is InChI=1S/C26H24N4O/c1-3-4-15-29-22-14-13-17(2)16-19(22)26(25(29)31)28-20-10-6-5-9-18(20)24-27-21-11-7-8-12-23(21)30(24)26/h5-14,16,28H,3-4,15H2,1-2H3/t26-/m1/s1. The van der Waals surface area contributed by atoms with Crippen LogP contribution in [0.3, 0.4) is 0 Å². The lowest BCUT2D eigenvalue weighted by Gasteiger charge is -2.38. The first-order chi connectivity index (χ1) is 15.1. The number of para-hydroxylation sites is 3. The number of rotatable bonds is 3. The van der Waals surface area contributed by atoms with E-state index in [4.69, 9.17) is 4.98 Å². The Labute approximate surface area is 181 Å². The Kier molecular flexibility index (Phi) is 3.78. The van der Waals surface area contributed by atoms with Crippen LogP contribution in [-0.4, -0.2) is 22.0 Å².